The molecule has 8 rings (SSSR count). The standard InChI is InChI=1S/C37H33F3N8O3/c1-22-42-31(18-32(43-22)47-20-30(41-21-47)37(38,39)40)46-15-13-45(14-16-46)19-24-7-5-23(6-8-24)17-25-9-10-28-34-26(25)3-2-4-27(34)36(51)48(28)29-11-12-33(49)44-35(29)50/h2-10,18,20-21,29H,11-17,19H2,1H3,(H,44,49,50)/t29-/m0/s1. The number of carbonyl (C=O) groups excluding carboxylic acids is 3. The summed E-state index contributed by atoms with van der Waals surface area (Å²) in [6.07, 6.45) is -1.32. The smallest absolute Gasteiger partial charge is 0.354 e. The van der Waals surface area contributed by atoms with E-state index in [4.69, 9.17) is 0 Å². The summed E-state index contributed by atoms with van der Waals surface area (Å²) < 4.78 is 40.5. The fourth-order valence-corrected chi connectivity index (χ4v) is 7.26. The lowest BCUT2D eigenvalue weighted by atomic mass is 9.95. The number of nitrogens with zero attached hydrogens (tertiary/aromatic N) is 7. The van der Waals surface area contributed by atoms with Crippen LogP contribution in [0.1, 0.15) is 51.4 Å². The van der Waals surface area contributed by atoms with Gasteiger partial charge in [-0.1, -0.05) is 42.5 Å². The molecule has 51 heavy (non-hydrogen) atoms. The first kappa shape index (κ1) is 32.6. The summed E-state index contributed by atoms with van der Waals surface area (Å²) in [5.41, 5.74) is 3.68. The van der Waals surface area contributed by atoms with Crippen molar-refractivity contribution in [2.75, 3.05) is 36.0 Å². The van der Waals surface area contributed by atoms with Crippen LogP contribution in [0.2, 0.25) is 0 Å². The molecule has 0 spiro atoms. The molecule has 0 radical (unpaired) electrons. The summed E-state index contributed by atoms with van der Waals surface area (Å²) >= 11 is 0. The molecule has 3 aliphatic heterocycles. The van der Waals surface area contributed by atoms with Gasteiger partial charge >= 0.3 is 6.18 Å². The number of aromatic nitrogens is 4. The van der Waals surface area contributed by atoms with Gasteiger partial charge in [0.1, 0.15) is 29.8 Å². The van der Waals surface area contributed by atoms with Gasteiger partial charge in [-0.15, -0.1) is 0 Å². The number of piperazine rings is 1. The summed E-state index contributed by atoms with van der Waals surface area (Å²) in [7, 11) is 0. The fourth-order valence-electron chi connectivity index (χ4n) is 7.26. The number of benzene rings is 3. The van der Waals surface area contributed by atoms with E-state index in [-0.39, 0.29) is 18.2 Å². The number of hydrogen-bond donors (Lipinski definition) is 1. The molecule has 2 aromatic heterocycles. The van der Waals surface area contributed by atoms with Gasteiger partial charge in [0.2, 0.25) is 11.8 Å². The molecule has 11 nitrogen and oxygen atoms in total. The molecule has 2 saturated heterocycles. The number of halogens is 3. The van der Waals surface area contributed by atoms with E-state index < -0.39 is 23.8 Å². The molecule has 3 amide bonds. The van der Waals surface area contributed by atoms with E-state index >= 15 is 0 Å². The Labute approximate surface area is 290 Å². The van der Waals surface area contributed by atoms with Crippen molar-refractivity contribution in [3.05, 3.63) is 107 Å². The Balaban J connectivity index is 0.916. The van der Waals surface area contributed by atoms with Gasteiger partial charge in [0, 0.05) is 62.4 Å². The van der Waals surface area contributed by atoms with Gasteiger partial charge in [-0.2, -0.15) is 13.2 Å². The van der Waals surface area contributed by atoms with E-state index in [1.807, 2.05) is 24.3 Å². The zero-order valence-electron chi connectivity index (χ0n) is 27.7. The highest BCUT2D eigenvalue weighted by molar-refractivity contribution is 6.27. The molecule has 14 heteroatoms. The van der Waals surface area contributed by atoms with Crippen molar-refractivity contribution < 1.29 is 27.6 Å². The molecule has 3 aliphatic rings. The Morgan fingerprint density at radius 2 is 1.65 bits per heavy atom. The van der Waals surface area contributed by atoms with E-state index in [9.17, 15) is 27.6 Å². The molecule has 260 valence electrons. The van der Waals surface area contributed by atoms with Crippen molar-refractivity contribution in [3.63, 3.8) is 0 Å². The van der Waals surface area contributed by atoms with Crippen molar-refractivity contribution in [1.82, 2.24) is 29.7 Å². The Morgan fingerprint density at radius 3 is 2.37 bits per heavy atom. The summed E-state index contributed by atoms with van der Waals surface area (Å²) in [6, 6.07) is 19.1. The van der Waals surface area contributed by atoms with E-state index in [2.05, 4.69) is 54.3 Å². The number of rotatable bonds is 7. The van der Waals surface area contributed by atoms with Crippen LogP contribution in [0, 0.1) is 6.92 Å². The normalized spacial score (nSPS) is 18.2. The molecule has 0 aliphatic carbocycles. The molecular weight excluding hydrogens is 661 g/mol. The van der Waals surface area contributed by atoms with Crippen molar-refractivity contribution in [2.45, 2.75) is 44.9 Å². The number of aryl methyl sites for hydroxylation is 1. The molecule has 1 atom stereocenters. The van der Waals surface area contributed by atoms with Gasteiger partial charge < -0.3 is 4.90 Å². The van der Waals surface area contributed by atoms with Crippen molar-refractivity contribution >= 4 is 40.0 Å². The molecule has 0 saturated carbocycles. The van der Waals surface area contributed by atoms with Gasteiger partial charge in [-0.25, -0.2) is 15.0 Å². The van der Waals surface area contributed by atoms with Crippen LogP contribution in [0.3, 0.4) is 0 Å². The lowest BCUT2D eigenvalue weighted by molar-refractivity contribution is -0.141. The number of nitrogens with one attached hydrogen (secondary N) is 1. The van der Waals surface area contributed by atoms with E-state index in [0.717, 1.165) is 54.1 Å². The zero-order valence-corrected chi connectivity index (χ0v) is 27.7. The fraction of sp³-hybridized carbons (Fsp3) is 0.297. The molecule has 5 heterocycles. The predicted molar refractivity (Wildman–Crippen MR) is 183 cm³/mol. The molecule has 2 fully saturated rings. The summed E-state index contributed by atoms with van der Waals surface area (Å²) in [5.74, 6) is 0.486. The third kappa shape index (κ3) is 6.20. The van der Waals surface area contributed by atoms with Crippen LogP contribution in [-0.2, 0) is 28.7 Å². The number of amides is 3. The Hall–Kier alpha value is -5.63. The van der Waals surface area contributed by atoms with E-state index in [1.165, 1.54) is 10.1 Å². The second-order valence-electron chi connectivity index (χ2n) is 13.2. The average molecular weight is 695 g/mol. The highest BCUT2D eigenvalue weighted by Gasteiger charge is 2.41. The lowest BCUT2D eigenvalue weighted by Gasteiger charge is -2.35. The minimum absolute atomic E-state index is 0.195. The van der Waals surface area contributed by atoms with Gasteiger partial charge in [-0.3, -0.25) is 34.1 Å². The minimum Gasteiger partial charge on any atom is -0.354 e. The number of alkyl halides is 3. The van der Waals surface area contributed by atoms with Crippen molar-refractivity contribution in [2.24, 2.45) is 0 Å². The number of hydrogen-bond acceptors (Lipinski definition) is 8. The zero-order chi connectivity index (χ0) is 35.4. The average Bonchev–Trinajstić information content (AvgIpc) is 3.72. The number of piperidine rings is 1. The number of imidazole rings is 1. The molecular formula is C37H33F3N8O3. The minimum atomic E-state index is -4.53. The Morgan fingerprint density at radius 1 is 0.902 bits per heavy atom. The second kappa shape index (κ2) is 12.6. The van der Waals surface area contributed by atoms with Gasteiger partial charge in [0.25, 0.3) is 5.91 Å². The maximum Gasteiger partial charge on any atom is 0.434 e. The molecule has 1 N–H and O–H groups in total. The SMILES string of the molecule is Cc1nc(N2CCN(Cc3ccc(Cc4ccc5c6c(cccc46)C(=O)N5[C@H]4CCC(=O)NC4=O)cc3)CC2)cc(-n2cnc(C(F)(F)F)c2)n1. The first-order chi connectivity index (χ1) is 24.5. The summed E-state index contributed by atoms with van der Waals surface area (Å²) in [5, 5.41) is 4.18. The van der Waals surface area contributed by atoms with Crippen LogP contribution in [-0.4, -0.2) is 74.4 Å². The highest BCUT2D eigenvalue weighted by Crippen LogP contribution is 2.41. The lowest BCUT2D eigenvalue weighted by Crippen LogP contribution is -2.53. The third-order valence-electron chi connectivity index (χ3n) is 9.81. The van der Waals surface area contributed by atoms with E-state index in [0.29, 0.717) is 54.6 Å². The van der Waals surface area contributed by atoms with Crippen molar-refractivity contribution in [3.8, 4) is 5.82 Å². The molecule has 0 bridgehead atoms. The number of imide groups is 1. The molecule has 3 aromatic carbocycles. The van der Waals surface area contributed by atoms with Crippen LogP contribution in [0.15, 0.2) is 73.2 Å². The number of anilines is 2. The maximum atomic E-state index is 13.5. The quantitative estimate of drug-likeness (QED) is 0.241. The Kier molecular flexibility index (Phi) is 8.05. The van der Waals surface area contributed by atoms with Crippen LogP contribution in [0.5, 0.6) is 0 Å². The van der Waals surface area contributed by atoms with Crippen LogP contribution in [0.25, 0.3) is 16.6 Å². The monoisotopic (exact) mass is 694 g/mol. The first-order valence-electron chi connectivity index (χ1n) is 16.8. The largest absolute Gasteiger partial charge is 0.434 e. The van der Waals surface area contributed by atoms with E-state index in [1.54, 1.807) is 24.0 Å². The first-order valence-corrected chi connectivity index (χ1v) is 16.8. The Bertz CT molecular complexity index is 2190. The predicted octanol–water partition coefficient (Wildman–Crippen LogP) is 4.82. The third-order valence-corrected chi connectivity index (χ3v) is 9.81. The second-order valence-corrected chi connectivity index (χ2v) is 13.2. The number of carbonyl (C=O) groups is 3. The maximum absolute atomic E-state index is 13.5. The van der Waals surface area contributed by atoms with Crippen LogP contribution < -0.4 is 15.1 Å². The van der Waals surface area contributed by atoms with Gasteiger partial charge in [0.15, 0.2) is 5.69 Å². The van der Waals surface area contributed by atoms with Crippen LogP contribution in [0.4, 0.5) is 24.7 Å². The molecule has 0 unspecified atom stereocenters. The highest BCUT2D eigenvalue weighted by atomic mass is 19.4. The van der Waals surface area contributed by atoms with Crippen molar-refractivity contribution in [1.29, 1.82) is 0 Å². The van der Waals surface area contributed by atoms with Gasteiger partial charge in [0.05, 0.1) is 5.69 Å². The summed E-state index contributed by atoms with van der Waals surface area (Å²) in [4.78, 5) is 56.3. The van der Waals surface area contributed by atoms with Gasteiger partial charge in [-0.05, 0) is 54.0 Å². The topological polar surface area (TPSA) is 117 Å². The molecule has 5 aromatic rings. The van der Waals surface area contributed by atoms with Crippen LogP contribution >= 0.6 is 0 Å². The summed E-state index contributed by atoms with van der Waals surface area (Å²) in [6.45, 7) is 5.49.